The Hall–Kier alpha value is -2.28. The molecule has 7 heteroatoms. The Morgan fingerprint density at radius 2 is 2.09 bits per heavy atom. The molecule has 0 unspecified atom stereocenters. The summed E-state index contributed by atoms with van der Waals surface area (Å²) in [6.45, 7) is 0.905. The molecule has 120 valence electrons. The number of oxime groups is 1. The Kier molecular flexibility index (Phi) is 5.60. The zero-order chi connectivity index (χ0) is 15.9. The van der Waals surface area contributed by atoms with E-state index in [0.29, 0.717) is 36.8 Å². The SMILES string of the molecule is COCCNC(=O)[C@H]1CC(c2ccc(OC)c(OC)c2)=NO1. The molecular formula is C15H20N2O5. The fourth-order valence-electron chi connectivity index (χ4n) is 2.09. The van der Waals surface area contributed by atoms with Crippen molar-refractivity contribution in [2.24, 2.45) is 5.16 Å². The summed E-state index contributed by atoms with van der Waals surface area (Å²) < 4.78 is 15.3. The van der Waals surface area contributed by atoms with Gasteiger partial charge in [-0.15, -0.1) is 0 Å². The number of hydrogen-bond acceptors (Lipinski definition) is 6. The number of carbonyl (C=O) groups excluding carboxylic acids is 1. The third-order valence-electron chi connectivity index (χ3n) is 3.28. The van der Waals surface area contributed by atoms with Gasteiger partial charge in [0.2, 0.25) is 6.10 Å². The van der Waals surface area contributed by atoms with Crippen molar-refractivity contribution < 1.29 is 23.8 Å². The molecular weight excluding hydrogens is 288 g/mol. The number of ether oxygens (including phenoxy) is 3. The van der Waals surface area contributed by atoms with Gasteiger partial charge in [-0.3, -0.25) is 4.79 Å². The van der Waals surface area contributed by atoms with E-state index < -0.39 is 6.10 Å². The standard InChI is InChI=1S/C15H20N2O5/c1-19-7-6-16-15(18)14-9-11(17-22-14)10-4-5-12(20-2)13(8-10)21-3/h4-5,8,14H,6-7,9H2,1-3H3,(H,16,18)/t14-/m1/s1. The number of benzene rings is 1. The topological polar surface area (TPSA) is 78.4 Å². The van der Waals surface area contributed by atoms with Gasteiger partial charge in [-0.2, -0.15) is 0 Å². The molecule has 1 aliphatic heterocycles. The van der Waals surface area contributed by atoms with Gasteiger partial charge in [0.1, 0.15) is 0 Å². The lowest BCUT2D eigenvalue weighted by atomic mass is 10.0. The summed E-state index contributed by atoms with van der Waals surface area (Å²) in [7, 11) is 4.73. The van der Waals surface area contributed by atoms with Gasteiger partial charge in [0.05, 0.1) is 26.5 Å². The smallest absolute Gasteiger partial charge is 0.264 e. The van der Waals surface area contributed by atoms with Gasteiger partial charge in [0.25, 0.3) is 5.91 Å². The van der Waals surface area contributed by atoms with Crippen molar-refractivity contribution in [1.82, 2.24) is 5.32 Å². The van der Waals surface area contributed by atoms with E-state index in [1.165, 1.54) is 0 Å². The Labute approximate surface area is 129 Å². The Balaban J connectivity index is 1.99. The molecule has 1 aliphatic rings. The molecule has 0 aromatic heterocycles. The van der Waals surface area contributed by atoms with Crippen molar-refractivity contribution in [2.45, 2.75) is 12.5 Å². The second kappa shape index (κ2) is 7.65. The van der Waals surface area contributed by atoms with Gasteiger partial charge < -0.3 is 24.4 Å². The summed E-state index contributed by atoms with van der Waals surface area (Å²) in [6, 6.07) is 5.46. The molecule has 1 heterocycles. The minimum Gasteiger partial charge on any atom is -0.493 e. The van der Waals surface area contributed by atoms with Crippen LogP contribution in [0, 0.1) is 0 Å². The summed E-state index contributed by atoms with van der Waals surface area (Å²) in [5.74, 6) is 1.05. The number of methoxy groups -OCH3 is 3. The van der Waals surface area contributed by atoms with Gasteiger partial charge in [0, 0.05) is 25.6 Å². The number of amides is 1. The van der Waals surface area contributed by atoms with E-state index in [-0.39, 0.29) is 5.91 Å². The monoisotopic (exact) mass is 308 g/mol. The van der Waals surface area contributed by atoms with Crippen LogP contribution in [0.1, 0.15) is 12.0 Å². The number of hydrogen-bond donors (Lipinski definition) is 1. The van der Waals surface area contributed by atoms with E-state index in [9.17, 15) is 4.79 Å². The molecule has 1 aromatic rings. The minimum absolute atomic E-state index is 0.198. The molecule has 0 bridgehead atoms. The summed E-state index contributed by atoms with van der Waals surface area (Å²) in [4.78, 5) is 17.1. The van der Waals surface area contributed by atoms with Crippen molar-refractivity contribution >= 4 is 11.6 Å². The summed E-state index contributed by atoms with van der Waals surface area (Å²) >= 11 is 0. The highest BCUT2D eigenvalue weighted by molar-refractivity contribution is 6.04. The molecule has 1 atom stereocenters. The molecule has 1 N–H and O–H groups in total. The van der Waals surface area contributed by atoms with Crippen molar-refractivity contribution in [1.29, 1.82) is 0 Å². The molecule has 0 saturated carbocycles. The van der Waals surface area contributed by atoms with Gasteiger partial charge in [-0.25, -0.2) is 0 Å². The molecule has 7 nitrogen and oxygen atoms in total. The van der Waals surface area contributed by atoms with Crippen LogP contribution < -0.4 is 14.8 Å². The molecule has 0 saturated heterocycles. The Morgan fingerprint density at radius 1 is 1.32 bits per heavy atom. The molecule has 0 fully saturated rings. The Morgan fingerprint density at radius 3 is 2.77 bits per heavy atom. The van der Waals surface area contributed by atoms with E-state index in [2.05, 4.69) is 10.5 Å². The maximum absolute atomic E-state index is 11.9. The van der Waals surface area contributed by atoms with Crippen molar-refractivity contribution in [2.75, 3.05) is 34.5 Å². The first kappa shape index (κ1) is 16.1. The molecule has 0 radical (unpaired) electrons. The molecule has 1 aromatic carbocycles. The number of nitrogens with one attached hydrogen (secondary N) is 1. The largest absolute Gasteiger partial charge is 0.493 e. The van der Waals surface area contributed by atoms with Crippen LogP contribution in [0.2, 0.25) is 0 Å². The number of carbonyl (C=O) groups is 1. The van der Waals surface area contributed by atoms with Crippen molar-refractivity contribution in [3.8, 4) is 11.5 Å². The highest BCUT2D eigenvalue weighted by atomic mass is 16.6. The normalized spacial score (nSPS) is 16.7. The molecule has 0 spiro atoms. The lowest BCUT2D eigenvalue weighted by molar-refractivity contribution is -0.131. The second-order valence-corrected chi connectivity index (χ2v) is 4.69. The molecule has 22 heavy (non-hydrogen) atoms. The third kappa shape index (κ3) is 3.67. The zero-order valence-corrected chi connectivity index (χ0v) is 12.9. The highest BCUT2D eigenvalue weighted by Crippen LogP contribution is 2.29. The van der Waals surface area contributed by atoms with Gasteiger partial charge >= 0.3 is 0 Å². The van der Waals surface area contributed by atoms with E-state index in [1.807, 2.05) is 12.1 Å². The summed E-state index contributed by atoms with van der Waals surface area (Å²) in [6.07, 6.45) is -0.200. The Bertz CT molecular complexity index is 559. The zero-order valence-electron chi connectivity index (χ0n) is 12.9. The van der Waals surface area contributed by atoms with Crippen LogP contribution in [0.25, 0.3) is 0 Å². The van der Waals surface area contributed by atoms with Crippen LogP contribution >= 0.6 is 0 Å². The minimum atomic E-state index is -0.611. The van der Waals surface area contributed by atoms with E-state index in [0.717, 1.165) is 5.56 Å². The van der Waals surface area contributed by atoms with Crippen LogP contribution in [0.5, 0.6) is 11.5 Å². The van der Waals surface area contributed by atoms with Crippen LogP contribution in [-0.2, 0) is 14.4 Å². The van der Waals surface area contributed by atoms with Crippen LogP contribution in [-0.4, -0.2) is 52.2 Å². The average molecular weight is 308 g/mol. The maximum Gasteiger partial charge on any atom is 0.264 e. The van der Waals surface area contributed by atoms with Crippen LogP contribution in [0.3, 0.4) is 0 Å². The predicted octanol–water partition coefficient (Wildman–Crippen LogP) is 0.959. The number of nitrogens with zero attached hydrogens (tertiary/aromatic N) is 1. The fraction of sp³-hybridized carbons (Fsp3) is 0.467. The first-order valence-electron chi connectivity index (χ1n) is 6.91. The van der Waals surface area contributed by atoms with Crippen molar-refractivity contribution in [3.05, 3.63) is 23.8 Å². The van der Waals surface area contributed by atoms with E-state index in [4.69, 9.17) is 19.0 Å². The fourth-order valence-corrected chi connectivity index (χ4v) is 2.09. The van der Waals surface area contributed by atoms with Gasteiger partial charge in [-0.1, -0.05) is 5.16 Å². The van der Waals surface area contributed by atoms with Gasteiger partial charge in [-0.05, 0) is 18.2 Å². The quantitative estimate of drug-likeness (QED) is 0.759. The lowest BCUT2D eigenvalue weighted by Gasteiger charge is -2.10. The van der Waals surface area contributed by atoms with Crippen LogP contribution in [0.4, 0.5) is 0 Å². The number of rotatable bonds is 7. The van der Waals surface area contributed by atoms with Crippen molar-refractivity contribution in [3.63, 3.8) is 0 Å². The average Bonchev–Trinajstić information content (AvgIpc) is 3.04. The summed E-state index contributed by atoms with van der Waals surface area (Å²) in [5.41, 5.74) is 1.54. The van der Waals surface area contributed by atoms with Gasteiger partial charge in [0.15, 0.2) is 11.5 Å². The first-order chi connectivity index (χ1) is 10.7. The predicted molar refractivity (Wildman–Crippen MR) is 80.5 cm³/mol. The van der Waals surface area contributed by atoms with E-state index in [1.54, 1.807) is 27.4 Å². The van der Waals surface area contributed by atoms with E-state index >= 15 is 0 Å². The molecule has 0 aliphatic carbocycles. The lowest BCUT2D eigenvalue weighted by Crippen LogP contribution is -2.36. The maximum atomic E-state index is 11.9. The second-order valence-electron chi connectivity index (χ2n) is 4.69. The summed E-state index contributed by atoms with van der Waals surface area (Å²) in [5, 5.41) is 6.73. The molecule has 2 rings (SSSR count). The highest BCUT2D eigenvalue weighted by Gasteiger charge is 2.29. The van der Waals surface area contributed by atoms with Crippen LogP contribution in [0.15, 0.2) is 23.4 Å². The molecule has 1 amide bonds. The third-order valence-corrected chi connectivity index (χ3v) is 3.28. The first-order valence-corrected chi connectivity index (χ1v) is 6.91.